The van der Waals surface area contributed by atoms with E-state index in [4.69, 9.17) is 0 Å². The highest BCUT2D eigenvalue weighted by molar-refractivity contribution is 5.34. The lowest BCUT2D eigenvalue weighted by Gasteiger charge is -2.39. The SMILES string of the molecule is C1CC2C3C1C1C2C2C3C12. The first-order valence-electron chi connectivity index (χ1n) is 4.98. The van der Waals surface area contributed by atoms with Crippen LogP contribution in [0.2, 0.25) is 0 Å². The van der Waals surface area contributed by atoms with Crippen molar-refractivity contribution < 1.29 is 0 Å². The quantitative estimate of drug-likeness (QED) is 0.471. The van der Waals surface area contributed by atoms with E-state index in [1.54, 1.807) is 12.8 Å². The van der Waals surface area contributed by atoms with Crippen LogP contribution < -0.4 is 0 Å². The Morgan fingerprint density at radius 2 is 1.00 bits per heavy atom. The van der Waals surface area contributed by atoms with Gasteiger partial charge in [-0.3, -0.25) is 0 Å². The average molecular weight is 132 g/mol. The Balaban J connectivity index is 1.90. The second kappa shape index (κ2) is 0.852. The molecule has 0 amide bonds. The maximum absolute atomic E-state index is 1.64. The van der Waals surface area contributed by atoms with Gasteiger partial charge in [0.05, 0.1) is 0 Å². The molecule has 0 aromatic heterocycles. The molecular formula is C10H12. The molecule has 0 spiro atoms. The molecule has 6 aliphatic carbocycles. The molecule has 5 bridgehead atoms. The highest BCUT2D eigenvalue weighted by atomic mass is 14.9. The number of hydrogen-bond acceptors (Lipinski definition) is 0. The van der Waals surface area contributed by atoms with Crippen LogP contribution in [0.4, 0.5) is 0 Å². The van der Waals surface area contributed by atoms with Gasteiger partial charge in [-0.1, -0.05) is 0 Å². The zero-order chi connectivity index (χ0) is 6.03. The van der Waals surface area contributed by atoms with Crippen LogP contribution in [0.1, 0.15) is 12.8 Å². The van der Waals surface area contributed by atoms with Crippen molar-refractivity contribution in [2.24, 2.45) is 47.3 Å². The average Bonchev–Trinajstić information content (AvgIpc) is 2.37. The highest BCUT2D eigenvalue weighted by Gasteiger charge is 2.87. The van der Waals surface area contributed by atoms with Gasteiger partial charge in [0.25, 0.3) is 0 Å². The summed E-state index contributed by atoms with van der Waals surface area (Å²) in [6, 6.07) is 0. The highest BCUT2D eigenvalue weighted by Crippen LogP contribution is 2.91. The van der Waals surface area contributed by atoms with Gasteiger partial charge in [0.15, 0.2) is 0 Å². The van der Waals surface area contributed by atoms with Gasteiger partial charge in [0.1, 0.15) is 0 Å². The van der Waals surface area contributed by atoms with E-state index in [1.165, 1.54) is 47.3 Å². The summed E-state index contributed by atoms with van der Waals surface area (Å²) in [7, 11) is 0. The van der Waals surface area contributed by atoms with Gasteiger partial charge >= 0.3 is 0 Å². The maximum atomic E-state index is 1.64. The molecule has 52 valence electrons. The predicted molar refractivity (Wildman–Crippen MR) is 37.2 cm³/mol. The van der Waals surface area contributed by atoms with Crippen molar-refractivity contribution in [3.05, 3.63) is 0 Å². The van der Waals surface area contributed by atoms with E-state index in [0.717, 1.165) is 0 Å². The summed E-state index contributed by atoms with van der Waals surface area (Å²) in [6.45, 7) is 0. The summed E-state index contributed by atoms with van der Waals surface area (Å²) in [4.78, 5) is 0. The Hall–Kier alpha value is 0. The number of hydrogen-bond donors (Lipinski definition) is 0. The van der Waals surface area contributed by atoms with Gasteiger partial charge in [-0.15, -0.1) is 0 Å². The molecule has 0 aromatic carbocycles. The van der Waals surface area contributed by atoms with E-state index in [0.29, 0.717) is 0 Å². The monoisotopic (exact) mass is 132 g/mol. The summed E-state index contributed by atoms with van der Waals surface area (Å²) in [5, 5.41) is 0. The molecule has 0 heterocycles. The van der Waals surface area contributed by atoms with Gasteiger partial charge in [-0.05, 0) is 60.2 Å². The third kappa shape index (κ3) is 0.177. The van der Waals surface area contributed by atoms with Crippen LogP contribution >= 0.6 is 0 Å². The first kappa shape index (κ1) is 4.13. The van der Waals surface area contributed by atoms with Gasteiger partial charge in [0, 0.05) is 0 Å². The fraction of sp³-hybridized carbons (Fsp3) is 1.00. The van der Waals surface area contributed by atoms with Crippen LogP contribution in [0, 0.1) is 47.3 Å². The molecule has 6 atom stereocenters. The molecule has 0 radical (unpaired) electrons. The fourth-order valence-electron chi connectivity index (χ4n) is 5.99. The first-order valence-corrected chi connectivity index (χ1v) is 4.98. The molecule has 0 aliphatic heterocycles. The van der Waals surface area contributed by atoms with Crippen molar-refractivity contribution in [2.45, 2.75) is 12.8 Å². The molecule has 0 nitrogen and oxygen atoms in total. The Labute approximate surface area is 61.0 Å². The molecule has 0 saturated heterocycles. The zero-order valence-electron chi connectivity index (χ0n) is 6.03. The lowest BCUT2D eigenvalue weighted by molar-refractivity contribution is 0.0851. The van der Waals surface area contributed by atoms with Gasteiger partial charge in [0.2, 0.25) is 0 Å². The lowest BCUT2D eigenvalue weighted by atomic mass is 9.66. The largest absolute Gasteiger partial charge is 0.0496 e. The van der Waals surface area contributed by atoms with E-state index >= 15 is 0 Å². The normalized spacial score (nSPS) is 91.2. The maximum Gasteiger partial charge on any atom is -0.0312 e. The molecule has 0 aromatic rings. The Bertz CT molecular complexity index is 216. The van der Waals surface area contributed by atoms with Gasteiger partial charge < -0.3 is 0 Å². The van der Waals surface area contributed by atoms with Crippen molar-refractivity contribution in [2.75, 3.05) is 0 Å². The molecule has 6 unspecified atom stereocenters. The van der Waals surface area contributed by atoms with Crippen LogP contribution in [0.5, 0.6) is 0 Å². The van der Waals surface area contributed by atoms with E-state index in [1.807, 2.05) is 0 Å². The summed E-state index contributed by atoms with van der Waals surface area (Å²) in [6.07, 6.45) is 3.27. The summed E-state index contributed by atoms with van der Waals surface area (Å²) < 4.78 is 0. The summed E-state index contributed by atoms with van der Waals surface area (Å²) >= 11 is 0. The van der Waals surface area contributed by atoms with Crippen LogP contribution in [-0.2, 0) is 0 Å². The molecule has 6 saturated carbocycles. The van der Waals surface area contributed by atoms with E-state index in [2.05, 4.69) is 0 Å². The van der Waals surface area contributed by atoms with Crippen LogP contribution in [0.25, 0.3) is 0 Å². The van der Waals surface area contributed by atoms with Crippen LogP contribution in [0.15, 0.2) is 0 Å². The minimum Gasteiger partial charge on any atom is -0.0496 e. The minimum absolute atomic E-state index is 1.27. The fourth-order valence-corrected chi connectivity index (χ4v) is 5.99. The van der Waals surface area contributed by atoms with E-state index in [9.17, 15) is 0 Å². The third-order valence-corrected chi connectivity index (χ3v) is 5.78. The molecule has 6 fully saturated rings. The molecule has 6 aliphatic rings. The Morgan fingerprint density at radius 3 is 1.40 bits per heavy atom. The standard InChI is InChI=1S/C10H12/c1-2-4-5-3(1)6-7(4)10-8(5)9(6)10/h3-10H,1-2H2. The molecule has 0 N–H and O–H groups in total. The van der Waals surface area contributed by atoms with Crippen molar-refractivity contribution in [1.29, 1.82) is 0 Å². The Morgan fingerprint density at radius 1 is 0.500 bits per heavy atom. The smallest absolute Gasteiger partial charge is 0.0312 e. The van der Waals surface area contributed by atoms with E-state index < -0.39 is 0 Å². The van der Waals surface area contributed by atoms with Crippen molar-refractivity contribution in [3.63, 3.8) is 0 Å². The van der Waals surface area contributed by atoms with Gasteiger partial charge in [-0.2, -0.15) is 0 Å². The minimum atomic E-state index is 1.27. The van der Waals surface area contributed by atoms with Crippen molar-refractivity contribution in [1.82, 2.24) is 0 Å². The molecule has 6 rings (SSSR count). The second-order valence-corrected chi connectivity index (χ2v) is 5.37. The number of rotatable bonds is 0. The van der Waals surface area contributed by atoms with Crippen LogP contribution in [-0.4, -0.2) is 0 Å². The predicted octanol–water partition coefficient (Wildman–Crippen LogP) is 1.76. The molecule has 10 heavy (non-hydrogen) atoms. The van der Waals surface area contributed by atoms with Crippen molar-refractivity contribution in [3.8, 4) is 0 Å². The second-order valence-electron chi connectivity index (χ2n) is 5.37. The van der Waals surface area contributed by atoms with Crippen molar-refractivity contribution >= 4 is 0 Å². The van der Waals surface area contributed by atoms with E-state index in [-0.39, 0.29) is 0 Å². The lowest BCUT2D eigenvalue weighted by Crippen LogP contribution is -2.34. The molecular weight excluding hydrogens is 120 g/mol. The Kier molecular flexibility index (Phi) is 0.352. The first-order chi connectivity index (χ1) is 4.98. The summed E-state index contributed by atoms with van der Waals surface area (Å²) in [5.74, 6) is 10.4. The van der Waals surface area contributed by atoms with Gasteiger partial charge in [-0.25, -0.2) is 0 Å². The summed E-state index contributed by atoms with van der Waals surface area (Å²) in [5.41, 5.74) is 0. The van der Waals surface area contributed by atoms with Crippen LogP contribution in [0.3, 0.4) is 0 Å². The molecule has 0 heteroatoms. The zero-order valence-corrected chi connectivity index (χ0v) is 6.03. The topological polar surface area (TPSA) is 0 Å². The third-order valence-electron chi connectivity index (χ3n) is 5.78.